The Morgan fingerprint density at radius 3 is 2.54 bits per heavy atom. The number of carboxylic acids is 1. The Morgan fingerprint density at radius 1 is 1.69 bits per heavy atom. The van der Waals surface area contributed by atoms with Gasteiger partial charge in [-0.15, -0.1) is 5.53 Å². The minimum atomic E-state index is -1.18. The molecule has 0 aliphatic heterocycles. The minimum Gasteiger partial charge on any atom is -0.507 e. The van der Waals surface area contributed by atoms with Crippen molar-refractivity contribution in [3.8, 4) is 5.75 Å². The van der Waals surface area contributed by atoms with Crippen LogP contribution in [0.1, 0.15) is 10.4 Å². The lowest BCUT2D eigenvalue weighted by molar-refractivity contribution is 0.0693. The Kier molecular flexibility index (Phi) is 4.45. The average molecular weight is 182 g/mol. The van der Waals surface area contributed by atoms with Gasteiger partial charge in [-0.05, 0) is 16.5 Å². The van der Waals surface area contributed by atoms with E-state index in [0.717, 1.165) is 6.20 Å². The van der Waals surface area contributed by atoms with Gasteiger partial charge < -0.3 is 10.2 Å². The summed E-state index contributed by atoms with van der Waals surface area (Å²) in [6.45, 7) is 0. The quantitative estimate of drug-likeness (QED) is 0.343. The van der Waals surface area contributed by atoms with Crippen LogP contribution < -0.4 is 0 Å². The molecule has 0 saturated carbocycles. The number of aromatic nitrogens is 1. The van der Waals surface area contributed by atoms with Crippen molar-refractivity contribution in [3.63, 3.8) is 0 Å². The number of carbonyl (C=O) groups is 1. The standard InChI is InChI=1S/C6H5NO3.HN3/c8-5-1-2-7-3-4(5)6(9)10;1-3-2/h1-3H,(H,7,8)(H,9,10);1H. The second-order valence-corrected chi connectivity index (χ2v) is 1.80. The van der Waals surface area contributed by atoms with Gasteiger partial charge in [0.1, 0.15) is 11.3 Å². The Morgan fingerprint density at radius 2 is 2.23 bits per heavy atom. The lowest BCUT2D eigenvalue weighted by atomic mass is 10.3. The predicted octanol–water partition coefficient (Wildman–Crippen LogP) is 1.36. The summed E-state index contributed by atoms with van der Waals surface area (Å²) in [5.41, 5.74) is 12.1. The van der Waals surface area contributed by atoms with Gasteiger partial charge in [0.2, 0.25) is 0 Å². The van der Waals surface area contributed by atoms with Crippen molar-refractivity contribution >= 4 is 5.97 Å². The number of pyridine rings is 1. The molecule has 0 amide bonds. The van der Waals surface area contributed by atoms with Crippen LogP contribution in [0.25, 0.3) is 10.4 Å². The van der Waals surface area contributed by atoms with Crippen LogP contribution in [-0.4, -0.2) is 21.2 Å². The van der Waals surface area contributed by atoms with Gasteiger partial charge in [-0.25, -0.2) is 4.79 Å². The molecule has 0 bridgehead atoms. The van der Waals surface area contributed by atoms with Gasteiger partial charge in [-0.3, -0.25) is 4.98 Å². The van der Waals surface area contributed by atoms with Crippen LogP contribution >= 0.6 is 0 Å². The van der Waals surface area contributed by atoms with Crippen molar-refractivity contribution in [1.82, 2.24) is 4.98 Å². The minimum absolute atomic E-state index is 0.178. The molecule has 7 heteroatoms. The molecule has 0 fully saturated rings. The molecule has 1 aromatic rings. The zero-order chi connectivity index (χ0) is 10.3. The van der Waals surface area contributed by atoms with Crippen LogP contribution in [0.5, 0.6) is 5.75 Å². The number of aromatic carboxylic acids is 1. The van der Waals surface area contributed by atoms with Crippen molar-refractivity contribution in [2.24, 2.45) is 0 Å². The van der Waals surface area contributed by atoms with Gasteiger partial charge in [-0.2, -0.15) is 0 Å². The molecular formula is C6H6N4O3. The fourth-order valence-corrected chi connectivity index (χ4v) is 0.552. The average Bonchev–Trinajstić information content (AvgIpc) is 2.06. The Balaban J connectivity index is 0.000000424. The number of carboxylic acid groups (broad SMARTS) is 1. The lowest BCUT2D eigenvalue weighted by Gasteiger charge is -1.94. The van der Waals surface area contributed by atoms with E-state index in [1.807, 2.05) is 0 Å². The maximum atomic E-state index is 10.2. The third kappa shape index (κ3) is 3.59. The second kappa shape index (κ2) is 5.39. The lowest BCUT2D eigenvalue weighted by Crippen LogP contribution is -1.96. The van der Waals surface area contributed by atoms with Gasteiger partial charge in [-0.1, -0.05) is 0 Å². The number of rotatable bonds is 1. The number of hydrogen-bond donors (Lipinski definition) is 3. The van der Waals surface area contributed by atoms with E-state index in [1.165, 1.54) is 12.3 Å². The smallest absolute Gasteiger partial charge is 0.341 e. The van der Waals surface area contributed by atoms with Gasteiger partial charge >= 0.3 is 5.97 Å². The van der Waals surface area contributed by atoms with E-state index in [4.69, 9.17) is 21.3 Å². The van der Waals surface area contributed by atoms with Crippen molar-refractivity contribution in [2.45, 2.75) is 0 Å². The molecule has 0 unspecified atom stereocenters. The normalized spacial score (nSPS) is 7.69. The van der Waals surface area contributed by atoms with E-state index in [1.54, 1.807) is 4.91 Å². The van der Waals surface area contributed by atoms with E-state index < -0.39 is 5.97 Å². The summed E-state index contributed by atoms with van der Waals surface area (Å²) in [6.07, 6.45) is 2.42. The van der Waals surface area contributed by atoms with E-state index >= 15 is 0 Å². The molecule has 7 nitrogen and oxygen atoms in total. The van der Waals surface area contributed by atoms with Gasteiger partial charge in [0.25, 0.3) is 0 Å². The largest absolute Gasteiger partial charge is 0.507 e. The highest BCUT2D eigenvalue weighted by molar-refractivity contribution is 5.90. The summed E-state index contributed by atoms with van der Waals surface area (Å²) >= 11 is 0. The monoisotopic (exact) mass is 182 g/mol. The van der Waals surface area contributed by atoms with E-state index in [9.17, 15) is 4.79 Å². The molecule has 0 aromatic carbocycles. The SMILES string of the molecule is O=C(O)c1cnccc1O.[N-]=[N+]=N. The highest BCUT2D eigenvalue weighted by Crippen LogP contribution is 2.12. The van der Waals surface area contributed by atoms with Crippen LogP contribution in [0.3, 0.4) is 0 Å². The zero-order valence-corrected chi connectivity index (χ0v) is 6.38. The number of aromatic hydroxyl groups is 1. The molecular weight excluding hydrogens is 176 g/mol. The van der Waals surface area contributed by atoms with Crippen LogP contribution in [0.15, 0.2) is 18.5 Å². The summed E-state index contributed by atoms with van der Waals surface area (Å²) in [4.78, 5) is 15.5. The first kappa shape index (κ1) is 10.7. The predicted molar refractivity (Wildman–Crippen MR) is 42.3 cm³/mol. The molecule has 0 radical (unpaired) electrons. The Bertz CT molecular complexity index is 332. The summed E-state index contributed by atoms with van der Waals surface area (Å²) < 4.78 is 0. The van der Waals surface area contributed by atoms with Crippen LogP contribution in [0.4, 0.5) is 0 Å². The maximum Gasteiger partial charge on any atom is 0.341 e. The topological polar surface area (TPSA) is 131 Å². The number of hydrogen-bond acceptors (Lipinski definition) is 4. The van der Waals surface area contributed by atoms with Gasteiger partial charge in [0.05, 0.1) is 0 Å². The molecule has 1 heterocycles. The van der Waals surface area contributed by atoms with Crippen LogP contribution in [0, 0.1) is 5.53 Å². The van der Waals surface area contributed by atoms with Crippen LogP contribution in [-0.2, 0) is 0 Å². The third-order valence-electron chi connectivity index (χ3n) is 1.03. The number of nitrogens with zero attached hydrogens (tertiary/aromatic N) is 3. The van der Waals surface area contributed by atoms with E-state index in [-0.39, 0.29) is 11.3 Å². The highest BCUT2D eigenvalue weighted by atomic mass is 16.4. The van der Waals surface area contributed by atoms with E-state index in [2.05, 4.69) is 4.98 Å². The summed E-state index contributed by atoms with van der Waals surface area (Å²) in [5.74, 6) is -1.44. The molecule has 13 heavy (non-hydrogen) atoms. The molecule has 0 saturated heterocycles. The molecule has 0 aliphatic rings. The number of nitrogens with one attached hydrogen (secondary N) is 1. The second-order valence-electron chi connectivity index (χ2n) is 1.80. The van der Waals surface area contributed by atoms with Crippen molar-refractivity contribution < 1.29 is 15.0 Å². The van der Waals surface area contributed by atoms with Crippen molar-refractivity contribution in [2.75, 3.05) is 0 Å². The third-order valence-corrected chi connectivity index (χ3v) is 1.03. The fraction of sp³-hybridized carbons (Fsp3) is 0. The van der Waals surface area contributed by atoms with Crippen molar-refractivity contribution in [1.29, 1.82) is 5.53 Å². The summed E-state index contributed by atoms with van der Waals surface area (Å²) in [5, 5.41) is 17.2. The molecule has 0 spiro atoms. The molecule has 0 aliphatic carbocycles. The first-order valence-corrected chi connectivity index (χ1v) is 3.00. The Labute approximate surface area is 72.7 Å². The molecule has 1 rings (SSSR count). The summed E-state index contributed by atoms with van der Waals surface area (Å²) in [7, 11) is 0. The zero-order valence-electron chi connectivity index (χ0n) is 6.38. The molecule has 1 aromatic heterocycles. The molecule has 3 N–H and O–H groups in total. The van der Waals surface area contributed by atoms with Crippen molar-refractivity contribution in [3.05, 3.63) is 34.5 Å². The fourth-order valence-electron chi connectivity index (χ4n) is 0.552. The van der Waals surface area contributed by atoms with Gasteiger partial charge in [0.15, 0.2) is 0 Å². The maximum absolute atomic E-state index is 10.2. The van der Waals surface area contributed by atoms with E-state index in [0.29, 0.717) is 0 Å². The highest BCUT2D eigenvalue weighted by Gasteiger charge is 2.06. The van der Waals surface area contributed by atoms with Crippen LogP contribution in [0.2, 0.25) is 0 Å². The molecule has 0 atom stereocenters. The van der Waals surface area contributed by atoms with Gasteiger partial charge in [0, 0.05) is 12.4 Å². The Hall–Kier alpha value is -2.27. The molecule has 68 valence electrons. The first-order chi connectivity index (χ1) is 6.13. The first-order valence-electron chi connectivity index (χ1n) is 3.00. The summed E-state index contributed by atoms with van der Waals surface area (Å²) in [6, 6.07) is 1.23.